The summed E-state index contributed by atoms with van der Waals surface area (Å²) < 4.78 is 5.07. The normalized spacial score (nSPS) is 42.7. The monoisotopic (exact) mass is 376 g/mol. The fraction of sp³-hybridized carbons (Fsp3) is 0.727. The predicted molar refractivity (Wildman–Crippen MR) is 102 cm³/mol. The van der Waals surface area contributed by atoms with Gasteiger partial charge in [-0.1, -0.05) is 27.2 Å². The number of carbonyl (C=O) groups excluding carboxylic acids is 2. The number of rotatable bonds is 3. The molecule has 0 aromatic carbocycles. The first-order valence-corrected chi connectivity index (χ1v) is 9.97. The molecule has 3 rings (SSSR count). The number of hydrogen-bond donors (Lipinski definition) is 2. The molecule has 0 amide bonds. The van der Waals surface area contributed by atoms with Crippen molar-refractivity contribution >= 4 is 11.6 Å². The average molecular weight is 376 g/mol. The Morgan fingerprint density at radius 2 is 1.85 bits per heavy atom. The van der Waals surface area contributed by atoms with Gasteiger partial charge in [0.2, 0.25) is 11.6 Å². The van der Waals surface area contributed by atoms with Gasteiger partial charge in [0, 0.05) is 11.6 Å². The van der Waals surface area contributed by atoms with Crippen LogP contribution < -0.4 is 0 Å². The van der Waals surface area contributed by atoms with Crippen molar-refractivity contribution in [2.45, 2.75) is 71.8 Å². The SMILES string of the molecule is COC1=CC(=O)C(O)=C(C[C@]2(C)[C@@H](C)CC[C@@]3(C)[C@H]2CCC[C@@]3(C)O)C1=O. The highest BCUT2D eigenvalue weighted by Gasteiger charge is 2.60. The second-order valence-electron chi connectivity index (χ2n) is 9.49. The van der Waals surface area contributed by atoms with E-state index in [9.17, 15) is 19.8 Å². The van der Waals surface area contributed by atoms with Gasteiger partial charge in [0.1, 0.15) is 0 Å². The van der Waals surface area contributed by atoms with Crippen molar-refractivity contribution in [1.29, 1.82) is 0 Å². The molecule has 3 aliphatic rings. The number of carbonyl (C=O) groups is 2. The lowest BCUT2D eigenvalue weighted by atomic mass is 9.43. The summed E-state index contributed by atoms with van der Waals surface area (Å²) in [5.74, 6) is -0.936. The molecule has 0 heterocycles. The maximum Gasteiger partial charge on any atom is 0.227 e. The summed E-state index contributed by atoms with van der Waals surface area (Å²) in [5.41, 5.74) is -1.14. The van der Waals surface area contributed by atoms with Gasteiger partial charge in [0.25, 0.3) is 0 Å². The van der Waals surface area contributed by atoms with Crippen LogP contribution in [0.4, 0.5) is 0 Å². The van der Waals surface area contributed by atoms with E-state index >= 15 is 0 Å². The molecular formula is C22H32O5. The molecule has 5 atom stereocenters. The summed E-state index contributed by atoms with van der Waals surface area (Å²) in [7, 11) is 1.36. The maximum atomic E-state index is 12.8. The minimum Gasteiger partial charge on any atom is -0.504 e. The lowest BCUT2D eigenvalue weighted by Crippen LogP contribution is -2.60. The van der Waals surface area contributed by atoms with Gasteiger partial charge in [-0.15, -0.1) is 0 Å². The molecule has 0 aromatic heterocycles. The zero-order valence-corrected chi connectivity index (χ0v) is 17.1. The van der Waals surface area contributed by atoms with E-state index in [1.165, 1.54) is 7.11 Å². The fourth-order valence-corrected chi connectivity index (χ4v) is 5.97. The molecule has 0 spiro atoms. The minimum absolute atomic E-state index is 0.0155. The number of aliphatic hydroxyl groups excluding tert-OH is 1. The highest BCUT2D eigenvalue weighted by atomic mass is 16.5. The van der Waals surface area contributed by atoms with E-state index in [-0.39, 0.29) is 28.1 Å². The first kappa shape index (κ1) is 20.1. The third kappa shape index (κ3) is 2.86. The second kappa shape index (κ2) is 6.47. The van der Waals surface area contributed by atoms with Crippen molar-refractivity contribution in [3.8, 4) is 0 Å². The van der Waals surface area contributed by atoms with Crippen LogP contribution in [0.25, 0.3) is 0 Å². The Labute approximate surface area is 161 Å². The molecule has 2 fully saturated rings. The molecule has 2 N–H and O–H groups in total. The summed E-state index contributed by atoms with van der Waals surface area (Å²) in [6, 6.07) is 0. The van der Waals surface area contributed by atoms with Crippen molar-refractivity contribution in [3.05, 3.63) is 23.2 Å². The number of hydrogen-bond acceptors (Lipinski definition) is 5. The largest absolute Gasteiger partial charge is 0.504 e. The molecule has 0 bridgehead atoms. The van der Waals surface area contributed by atoms with Crippen LogP contribution in [0.1, 0.15) is 66.2 Å². The van der Waals surface area contributed by atoms with E-state index in [1.807, 2.05) is 6.92 Å². The zero-order valence-electron chi connectivity index (χ0n) is 17.1. The summed E-state index contributed by atoms with van der Waals surface area (Å²) in [6.07, 6.45) is 5.98. The van der Waals surface area contributed by atoms with Crippen molar-refractivity contribution in [1.82, 2.24) is 0 Å². The lowest BCUT2D eigenvalue weighted by Gasteiger charge is -2.63. The highest BCUT2D eigenvalue weighted by molar-refractivity contribution is 6.20. The lowest BCUT2D eigenvalue weighted by molar-refractivity contribution is -0.190. The van der Waals surface area contributed by atoms with Crippen molar-refractivity contribution in [3.63, 3.8) is 0 Å². The van der Waals surface area contributed by atoms with Gasteiger partial charge in [0.15, 0.2) is 11.5 Å². The van der Waals surface area contributed by atoms with Gasteiger partial charge in [-0.25, -0.2) is 0 Å². The highest BCUT2D eigenvalue weighted by Crippen LogP contribution is 2.64. The van der Waals surface area contributed by atoms with Crippen molar-refractivity contribution in [2.75, 3.05) is 7.11 Å². The zero-order chi connectivity index (χ0) is 20.2. The summed E-state index contributed by atoms with van der Waals surface area (Å²) in [5, 5.41) is 21.5. The van der Waals surface area contributed by atoms with Crippen LogP contribution in [0, 0.1) is 22.7 Å². The summed E-state index contributed by atoms with van der Waals surface area (Å²) in [6.45, 7) is 8.45. The number of aliphatic hydroxyl groups is 2. The standard InChI is InChI=1S/C22H32O5/c1-13-8-10-21(3)17(7-6-9-22(21,4)26)20(13,2)12-14-18(24)15(23)11-16(27-5)19(14)25/h11,13,17,24,26H,6-10,12H2,1-5H3/t13-,17-,20+,21-,22+/m0/s1. The van der Waals surface area contributed by atoms with E-state index in [1.54, 1.807) is 0 Å². The Morgan fingerprint density at radius 3 is 2.48 bits per heavy atom. The van der Waals surface area contributed by atoms with Gasteiger partial charge >= 0.3 is 0 Å². The summed E-state index contributed by atoms with van der Waals surface area (Å²) in [4.78, 5) is 24.9. The van der Waals surface area contributed by atoms with E-state index in [4.69, 9.17) is 4.74 Å². The number of allylic oxidation sites excluding steroid dienone is 2. The van der Waals surface area contributed by atoms with Crippen molar-refractivity contribution < 1.29 is 24.5 Å². The van der Waals surface area contributed by atoms with Gasteiger partial charge in [-0.3, -0.25) is 9.59 Å². The van der Waals surface area contributed by atoms with Crippen LogP contribution in [0.2, 0.25) is 0 Å². The van der Waals surface area contributed by atoms with Crippen LogP contribution in [-0.4, -0.2) is 34.5 Å². The number of methoxy groups -OCH3 is 1. The Kier molecular flexibility index (Phi) is 4.82. The Morgan fingerprint density at radius 1 is 1.19 bits per heavy atom. The van der Waals surface area contributed by atoms with Gasteiger partial charge in [0.05, 0.1) is 12.7 Å². The third-order valence-corrected chi connectivity index (χ3v) is 8.23. The number of fused-ring (bicyclic) bond motifs is 1. The minimum atomic E-state index is -0.752. The number of Topliss-reactive ketones (excluding diaryl/α,β-unsaturated/α-hetero) is 1. The van der Waals surface area contributed by atoms with E-state index < -0.39 is 22.9 Å². The molecule has 2 saturated carbocycles. The van der Waals surface area contributed by atoms with Crippen LogP contribution in [-0.2, 0) is 14.3 Å². The van der Waals surface area contributed by atoms with E-state index in [0.29, 0.717) is 12.3 Å². The Hall–Kier alpha value is -1.62. The molecule has 5 heteroatoms. The maximum absolute atomic E-state index is 12.8. The second-order valence-corrected chi connectivity index (χ2v) is 9.49. The molecular weight excluding hydrogens is 344 g/mol. The molecule has 0 saturated heterocycles. The quantitative estimate of drug-likeness (QED) is 0.731. The molecule has 3 aliphatic carbocycles. The van der Waals surface area contributed by atoms with Crippen LogP contribution in [0.5, 0.6) is 0 Å². The number of ketones is 2. The molecule has 0 aliphatic heterocycles. The Balaban J connectivity index is 2.02. The smallest absolute Gasteiger partial charge is 0.227 e. The van der Waals surface area contributed by atoms with Crippen LogP contribution >= 0.6 is 0 Å². The van der Waals surface area contributed by atoms with Gasteiger partial charge in [-0.2, -0.15) is 0 Å². The molecule has 150 valence electrons. The average Bonchev–Trinajstić information content (AvgIpc) is 2.60. The predicted octanol–water partition coefficient (Wildman–Crippen LogP) is 3.86. The molecule has 5 nitrogen and oxygen atoms in total. The van der Waals surface area contributed by atoms with Crippen LogP contribution in [0.3, 0.4) is 0 Å². The number of ether oxygens (including phenoxy) is 1. The fourth-order valence-electron chi connectivity index (χ4n) is 5.97. The summed E-state index contributed by atoms with van der Waals surface area (Å²) >= 11 is 0. The topological polar surface area (TPSA) is 83.8 Å². The van der Waals surface area contributed by atoms with Gasteiger partial charge in [-0.05, 0) is 61.7 Å². The van der Waals surface area contributed by atoms with E-state index in [2.05, 4.69) is 20.8 Å². The molecule has 0 unspecified atom stereocenters. The molecule has 0 aromatic rings. The van der Waals surface area contributed by atoms with E-state index in [0.717, 1.165) is 38.2 Å². The van der Waals surface area contributed by atoms with Crippen molar-refractivity contribution in [2.24, 2.45) is 22.7 Å². The Bertz CT molecular complexity index is 731. The third-order valence-electron chi connectivity index (χ3n) is 8.23. The molecule has 27 heavy (non-hydrogen) atoms. The van der Waals surface area contributed by atoms with Gasteiger partial charge < -0.3 is 14.9 Å². The first-order valence-electron chi connectivity index (χ1n) is 9.97. The first-order chi connectivity index (χ1) is 12.5. The molecule has 0 radical (unpaired) electrons. The van der Waals surface area contributed by atoms with Crippen LogP contribution in [0.15, 0.2) is 23.2 Å².